The normalized spacial score (nSPS) is 11.0. The van der Waals surface area contributed by atoms with Crippen LogP contribution in [0.4, 0.5) is 0 Å². The molecule has 0 atom stereocenters. The van der Waals surface area contributed by atoms with Crippen molar-refractivity contribution in [3.63, 3.8) is 0 Å². The SMILES string of the molecule is CN(Cc1ccncc1)C(=O)c1cc(-c2cccnc2)nc2c1cnn2Cc1ccco1. The summed E-state index contributed by atoms with van der Waals surface area (Å²) in [6.45, 7) is 0.883. The molecule has 5 aromatic rings. The van der Waals surface area contributed by atoms with Gasteiger partial charge in [-0.05, 0) is 48.0 Å². The summed E-state index contributed by atoms with van der Waals surface area (Å²) >= 11 is 0. The van der Waals surface area contributed by atoms with E-state index in [0.29, 0.717) is 35.4 Å². The highest BCUT2D eigenvalue weighted by atomic mass is 16.3. The molecule has 5 heterocycles. The van der Waals surface area contributed by atoms with Gasteiger partial charge in [0.15, 0.2) is 5.65 Å². The minimum absolute atomic E-state index is 0.114. The van der Waals surface area contributed by atoms with Crippen LogP contribution in [-0.2, 0) is 13.1 Å². The lowest BCUT2D eigenvalue weighted by Crippen LogP contribution is -2.26. The molecule has 0 unspecified atom stereocenters. The average Bonchev–Trinajstić information content (AvgIpc) is 3.50. The second-order valence-corrected chi connectivity index (χ2v) is 7.43. The average molecular weight is 424 g/mol. The molecule has 32 heavy (non-hydrogen) atoms. The number of carbonyl (C=O) groups is 1. The highest BCUT2D eigenvalue weighted by molar-refractivity contribution is 6.06. The zero-order chi connectivity index (χ0) is 21.9. The summed E-state index contributed by atoms with van der Waals surface area (Å²) in [5.74, 6) is 0.642. The van der Waals surface area contributed by atoms with E-state index in [0.717, 1.165) is 16.9 Å². The van der Waals surface area contributed by atoms with Crippen molar-refractivity contribution in [2.75, 3.05) is 7.05 Å². The Morgan fingerprint density at radius 3 is 2.69 bits per heavy atom. The third-order valence-electron chi connectivity index (χ3n) is 5.20. The van der Waals surface area contributed by atoms with E-state index in [1.54, 1.807) is 53.9 Å². The Balaban J connectivity index is 1.58. The number of hydrogen-bond donors (Lipinski definition) is 0. The van der Waals surface area contributed by atoms with Gasteiger partial charge in [-0.1, -0.05) is 0 Å². The van der Waals surface area contributed by atoms with Crippen LogP contribution in [0.5, 0.6) is 0 Å². The molecule has 0 bridgehead atoms. The van der Waals surface area contributed by atoms with Crippen LogP contribution < -0.4 is 0 Å². The van der Waals surface area contributed by atoms with Gasteiger partial charge < -0.3 is 9.32 Å². The molecule has 8 heteroatoms. The van der Waals surface area contributed by atoms with E-state index in [9.17, 15) is 4.79 Å². The van der Waals surface area contributed by atoms with E-state index in [1.165, 1.54) is 0 Å². The van der Waals surface area contributed by atoms with Crippen LogP contribution >= 0.6 is 0 Å². The van der Waals surface area contributed by atoms with Crippen LogP contribution in [0.25, 0.3) is 22.3 Å². The summed E-state index contributed by atoms with van der Waals surface area (Å²) in [5, 5.41) is 5.18. The van der Waals surface area contributed by atoms with E-state index in [2.05, 4.69) is 15.1 Å². The van der Waals surface area contributed by atoms with Gasteiger partial charge in [0, 0.05) is 43.9 Å². The number of rotatable bonds is 6. The number of hydrogen-bond acceptors (Lipinski definition) is 6. The molecule has 158 valence electrons. The number of fused-ring (bicyclic) bond motifs is 1. The van der Waals surface area contributed by atoms with Crippen LogP contribution in [0.3, 0.4) is 0 Å². The van der Waals surface area contributed by atoms with Crippen molar-refractivity contribution < 1.29 is 9.21 Å². The molecule has 5 rings (SSSR count). The topological polar surface area (TPSA) is 89.9 Å². The van der Waals surface area contributed by atoms with Gasteiger partial charge in [-0.2, -0.15) is 5.10 Å². The van der Waals surface area contributed by atoms with Gasteiger partial charge in [0.2, 0.25) is 0 Å². The Morgan fingerprint density at radius 1 is 1.06 bits per heavy atom. The quantitative estimate of drug-likeness (QED) is 0.412. The number of pyridine rings is 3. The van der Waals surface area contributed by atoms with Crippen molar-refractivity contribution in [2.45, 2.75) is 13.1 Å². The van der Waals surface area contributed by atoms with Gasteiger partial charge in [-0.3, -0.25) is 14.8 Å². The van der Waals surface area contributed by atoms with Crippen molar-refractivity contribution in [3.05, 3.63) is 96.6 Å². The number of aromatic nitrogens is 5. The van der Waals surface area contributed by atoms with E-state index in [-0.39, 0.29) is 5.91 Å². The summed E-state index contributed by atoms with van der Waals surface area (Å²) in [4.78, 5) is 28.2. The van der Waals surface area contributed by atoms with E-state index >= 15 is 0 Å². The van der Waals surface area contributed by atoms with E-state index in [4.69, 9.17) is 9.40 Å². The second kappa shape index (κ2) is 8.43. The Hall–Kier alpha value is -4.33. The molecule has 0 aromatic carbocycles. The molecule has 0 aliphatic rings. The van der Waals surface area contributed by atoms with Crippen molar-refractivity contribution in [1.82, 2.24) is 29.6 Å². The summed E-state index contributed by atoms with van der Waals surface area (Å²) in [5.41, 5.74) is 3.64. The monoisotopic (exact) mass is 424 g/mol. The van der Waals surface area contributed by atoms with Gasteiger partial charge in [-0.15, -0.1) is 0 Å². The smallest absolute Gasteiger partial charge is 0.254 e. The first kappa shape index (κ1) is 19.6. The fourth-order valence-corrected chi connectivity index (χ4v) is 3.59. The highest BCUT2D eigenvalue weighted by Crippen LogP contribution is 2.26. The largest absolute Gasteiger partial charge is 0.467 e. The van der Waals surface area contributed by atoms with Crippen molar-refractivity contribution >= 4 is 16.9 Å². The molecule has 0 fully saturated rings. The lowest BCUT2D eigenvalue weighted by Gasteiger charge is -2.18. The minimum Gasteiger partial charge on any atom is -0.467 e. The van der Waals surface area contributed by atoms with Crippen LogP contribution in [-0.4, -0.2) is 42.6 Å². The number of nitrogens with zero attached hydrogens (tertiary/aromatic N) is 6. The molecule has 0 aliphatic heterocycles. The van der Waals surface area contributed by atoms with Crippen molar-refractivity contribution in [1.29, 1.82) is 0 Å². The first-order valence-electron chi connectivity index (χ1n) is 10.1. The van der Waals surface area contributed by atoms with Crippen molar-refractivity contribution in [3.8, 4) is 11.3 Å². The Kier molecular flexibility index (Phi) is 5.17. The van der Waals surface area contributed by atoms with Gasteiger partial charge in [0.25, 0.3) is 5.91 Å². The zero-order valence-electron chi connectivity index (χ0n) is 17.4. The summed E-state index contributed by atoms with van der Waals surface area (Å²) in [6, 6.07) is 13.1. The maximum absolute atomic E-state index is 13.5. The third-order valence-corrected chi connectivity index (χ3v) is 5.20. The molecule has 0 N–H and O–H groups in total. The molecule has 5 aromatic heterocycles. The Labute approximate surface area is 184 Å². The van der Waals surface area contributed by atoms with Gasteiger partial charge >= 0.3 is 0 Å². The first-order chi connectivity index (χ1) is 15.7. The summed E-state index contributed by atoms with van der Waals surface area (Å²) in [7, 11) is 1.78. The second-order valence-electron chi connectivity index (χ2n) is 7.43. The predicted molar refractivity (Wildman–Crippen MR) is 119 cm³/mol. The van der Waals surface area contributed by atoms with Crippen LogP contribution in [0, 0.1) is 0 Å². The molecule has 1 amide bonds. The molecule has 0 spiro atoms. The number of carbonyl (C=O) groups excluding carboxylic acids is 1. The lowest BCUT2D eigenvalue weighted by molar-refractivity contribution is 0.0787. The molecule has 0 radical (unpaired) electrons. The standard InChI is InChI=1S/C24H20N6O2/c1-29(15-17-6-9-25-10-7-17)24(31)20-12-22(18-4-2-8-26-13-18)28-23-21(20)14-27-30(23)16-19-5-3-11-32-19/h2-14H,15-16H2,1H3. The fraction of sp³-hybridized carbons (Fsp3) is 0.125. The van der Waals surface area contributed by atoms with Crippen LogP contribution in [0.15, 0.2) is 84.1 Å². The molecule has 0 saturated carbocycles. The van der Waals surface area contributed by atoms with Gasteiger partial charge in [0.05, 0.1) is 29.1 Å². The number of furan rings is 1. The summed E-state index contributed by atoms with van der Waals surface area (Å²) < 4.78 is 7.22. The minimum atomic E-state index is -0.114. The fourth-order valence-electron chi connectivity index (χ4n) is 3.59. The molecular formula is C24H20N6O2. The predicted octanol–water partition coefficient (Wildman–Crippen LogP) is 3.80. The lowest BCUT2D eigenvalue weighted by atomic mass is 10.1. The summed E-state index contributed by atoms with van der Waals surface area (Å²) in [6.07, 6.45) is 10.2. The highest BCUT2D eigenvalue weighted by Gasteiger charge is 2.21. The first-order valence-corrected chi connectivity index (χ1v) is 10.1. The Morgan fingerprint density at radius 2 is 1.94 bits per heavy atom. The molecule has 8 nitrogen and oxygen atoms in total. The zero-order valence-corrected chi connectivity index (χ0v) is 17.4. The van der Waals surface area contributed by atoms with Crippen molar-refractivity contribution in [2.24, 2.45) is 0 Å². The third kappa shape index (κ3) is 3.85. The molecule has 0 aliphatic carbocycles. The maximum atomic E-state index is 13.5. The van der Waals surface area contributed by atoms with E-state index < -0.39 is 0 Å². The Bertz CT molecular complexity index is 1350. The van der Waals surface area contributed by atoms with E-state index in [1.807, 2.05) is 42.5 Å². The van der Waals surface area contributed by atoms with Gasteiger partial charge in [-0.25, -0.2) is 9.67 Å². The van der Waals surface area contributed by atoms with Crippen LogP contribution in [0.1, 0.15) is 21.7 Å². The number of amides is 1. The molecule has 0 saturated heterocycles. The molecular weight excluding hydrogens is 404 g/mol. The van der Waals surface area contributed by atoms with Crippen LogP contribution in [0.2, 0.25) is 0 Å². The maximum Gasteiger partial charge on any atom is 0.254 e. The van der Waals surface area contributed by atoms with Gasteiger partial charge in [0.1, 0.15) is 12.3 Å².